The topological polar surface area (TPSA) is 19.6 Å². The van der Waals surface area contributed by atoms with Crippen molar-refractivity contribution >= 4 is 56.1 Å². The first-order valence-corrected chi connectivity index (χ1v) is 19.5. The second kappa shape index (κ2) is 12.7. The third-order valence-electron chi connectivity index (χ3n) is 11.9. The molecule has 9 aromatic carbocycles. The molecule has 1 aromatic heterocycles. The van der Waals surface area contributed by atoms with Crippen molar-refractivity contribution in [3.8, 4) is 22.3 Å². The second-order valence-electron chi connectivity index (χ2n) is 14.9. The van der Waals surface area contributed by atoms with Gasteiger partial charge in [-0.05, 0) is 129 Å². The molecular formula is C55H36N2O. The van der Waals surface area contributed by atoms with Gasteiger partial charge in [-0.25, -0.2) is 0 Å². The van der Waals surface area contributed by atoms with Crippen LogP contribution in [0, 0.1) is 0 Å². The summed E-state index contributed by atoms with van der Waals surface area (Å²) in [6, 6.07) is 63.2. The van der Waals surface area contributed by atoms with Gasteiger partial charge in [-0.1, -0.05) is 133 Å². The minimum Gasteiger partial charge on any atom is -0.456 e. The van der Waals surface area contributed by atoms with E-state index in [1.807, 2.05) is 65.6 Å². The molecule has 0 saturated carbocycles. The molecule has 2 aliphatic carbocycles. The fourth-order valence-corrected chi connectivity index (χ4v) is 9.61. The molecule has 1 unspecified atom stereocenters. The Kier molecular flexibility index (Phi) is 6.11. The average Bonchev–Trinajstić information content (AvgIpc) is 3.96. The molecule has 1 heterocycles. The highest BCUT2D eigenvalue weighted by Gasteiger charge is 2.52. The number of hydrogen-bond donors (Lipinski definition) is 0. The molecule has 1 spiro atoms. The van der Waals surface area contributed by atoms with Gasteiger partial charge in [0.15, 0.2) is 0 Å². The number of rotatable bonds is 6. The Bertz CT molecular complexity index is 3450. The molecule has 0 radical (unpaired) electrons. The number of fused-ring (bicyclic) bond motifs is 13. The Hall–Kier alpha value is -7.62. The lowest BCUT2D eigenvalue weighted by molar-refractivity contribution is 0.669. The van der Waals surface area contributed by atoms with Crippen LogP contribution in [0.15, 0.2) is 223 Å². The SMILES string of the molecule is [2H]c1c([2H])c([2H])c(N(c2ccccc2)c2ccc3c(c2)C2(c4ccccc4-c4ccc(N(c5ccccc5)c5ccc6oc7ccccc7c6c5)cc42)c2ccccc2-3)c([2H])c1[2H]. The molecule has 1 atom stereocenters. The van der Waals surface area contributed by atoms with Gasteiger partial charge in [0.2, 0.25) is 0 Å². The zero-order valence-electron chi connectivity index (χ0n) is 36.2. The van der Waals surface area contributed by atoms with Gasteiger partial charge in [0.1, 0.15) is 11.2 Å². The first-order valence-electron chi connectivity index (χ1n) is 22.0. The molecule has 0 fully saturated rings. The van der Waals surface area contributed by atoms with Crippen molar-refractivity contribution in [1.82, 2.24) is 0 Å². The van der Waals surface area contributed by atoms with Crippen LogP contribution in [0.2, 0.25) is 0 Å². The monoisotopic (exact) mass is 745 g/mol. The summed E-state index contributed by atoms with van der Waals surface area (Å²) in [6.45, 7) is 0. The van der Waals surface area contributed by atoms with Crippen molar-refractivity contribution in [1.29, 1.82) is 0 Å². The summed E-state index contributed by atoms with van der Waals surface area (Å²) < 4.78 is 50.3. The fourth-order valence-electron chi connectivity index (χ4n) is 9.61. The van der Waals surface area contributed by atoms with Gasteiger partial charge in [-0.2, -0.15) is 0 Å². The average molecular weight is 746 g/mol. The summed E-state index contributed by atoms with van der Waals surface area (Å²) in [5.41, 5.74) is 14.4. The van der Waals surface area contributed by atoms with E-state index in [1.165, 1.54) is 0 Å². The van der Waals surface area contributed by atoms with Crippen LogP contribution in [0.4, 0.5) is 34.1 Å². The van der Waals surface area contributed by atoms with Crippen molar-refractivity contribution in [3.63, 3.8) is 0 Å². The lowest BCUT2D eigenvalue weighted by atomic mass is 9.70. The van der Waals surface area contributed by atoms with Crippen LogP contribution in [0.25, 0.3) is 44.2 Å². The van der Waals surface area contributed by atoms with Gasteiger partial charge in [0.25, 0.3) is 0 Å². The number of hydrogen-bond acceptors (Lipinski definition) is 3. The smallest absolute Gasteiger partial charge is 0.135 e. The van der Waals surface area contributed by atoms with E-state index in [0.717, 1.165) is 83.5 Å². The van der Waals surface area contributed by atoms with E-state index in [0.29, 0.717) is 11.4 Å². The Balaban J connectivity index is 1.13. The number of nitrogens with zero attached hydrogens (tertiary/aromatic N) is 2. The number of benzene rings is 9. The van der Waals surface area contributed by atoms with E-state index < -0.39 is 11.5 Å². The van der Waals surface area contributed by atoms with E-state index in [-0.39, 0.29) is 29.9 Å². The maximum Gasteiger partial charge on any atom is 0.135 e. The van der Waals surface area contributed by atoms with Crippen LogP contribution >= 0.6 is 0 Å². The first kappa shape index (κ1) is 27.9. The van der Waals surface area contributed by atoms with Crippen molar-refractivity contribution < 1.29 is 11.3 Å². The predicted octanol–water partition coefficient (Wildman–Crippen LogP) is 14.9. The molecular weight excluding hydrogens is 705 g/mol. The van der Waals surface area contributed by atoms with Gasteiger partial charge in [-0.15, -0.1) is 0 Å². The van der Waals surface area contributed by atoms with Crippen LogP contribution in [0.1, 0.15) is 29.1 Å². The normalized spacial score (nSPS) is 15.8. The van der Waals surface area contributed by atoms with Crippen LogP contribution in [-0.4, -0.2) is 0 Å². The van der Waals surface area contributed by atoms with Gasteiger partial charge < -0.3 is 14.2 Å². The Morgan fingerprint density at radius 3 is 1.43 bits per heavy atom. The van der Waals surface area contributed by atoms with E-state index in [9.17, 15) is 0 Å². The highest BCUT2D eigenvalue weighted by Crippen LogP contribution is 2.64. The minimum atomic E-state index is -0.765. The lowest BCUT2D eigenvalue weighted by Crippen LogP contribution is -2.26. The second-order valence-corrected chi connectivity index (χ2v) is 14.9. The fraction of sp³-hybridized carbons (Fsp3) is 0.0182. The Labute approximate surface area is 344 Å². The first-order chi connectivity index (χ1) is 30.8. The van der Waals surface area contributed by atoms with E-state index in [2.05, 4.69) is 132 Å². The quantitative estimate of drug-likeness (QED) is 0.169. The zero-order chi connectivity index (χ0) is 42.6. The molecule has 3 nitrogen and oxygen atoms in total. The lowest BCUT2D eigenvalue weighted by Gasteiger charge is -2.33. The Morgan fingerprint density at radius 2 is 0.810 bits per heavy atom. The number of furan rings is 1. The summed E-state index contributed by atoms with van der Waals surface area (Å²) in [6.07, 6.45) is 0. The predicted molar refractivity (Wildman–Crippen MR) is 239 cm³/mol. The summed E-state index contributed by atoms with van der Waals surface area (Å²) >= 11 is 0. The Morgan fingerprint density at radius 1 is 0.345 bits per heavy atom. The zero-order valence-corrected chi connectivity index (χ0v) is 31.2. The standard InChI is InChI=1S/C55H36N2O/c1-4-16-37(17-5-1)56(38-18-6-2-7-19-38)41-28-31-45-43-22-10-13-25-49(43)55(51(45)35-41)50-26-14-11-23-44(50)46-32-29-42(36-52(46)55)57(39-20-8-3-9-21-39)40-30-33-54-48(34-40)47-24-12-15-27-53(47)58-54/h1-36H/i1D,4D,5D,16D,17D. The molecule has 0 amide bonds. The minimum absolute atomic E-state index is 0.0899. The summed E-state index contributed by atoms with van der Waals surface area (Å²) in [4.78, 5) is 4.12. The molecule has 0 aliphatic heterocycles. The molecule has 3 heteroatoms. The van der Waals surface area contributed by atoms with Gasteiger partial charge in [0.05, 0.1) is 12.3 Å². The summed E-state index contributed by atoms with van der Waals surface area (Å²) in [7, 11) is 0. The van der Waals surface area contributed by atoms with E-state index in [1.54, 1.807) is 0 Å². The third-order valence-corrected chi connectivity index (χ3v) is 11.9. The largest absolute Gasteiger partial charge is 0.456 e. The molecule has 0 N–H and O–H groups in total. The van der Waals surface area contributed by atoms with Crippen molar-refractivity contribution in [2.45, 2.75) is 5.41 Å². The van der Waals surface area contributed by atoms with E-state index >= 15 is 0 Å². The molecule has 12 rings (SSSR count). The van der Waals surface area contributed by atoms with Gasteiger partial charge in [0, 0.05) is 44.9 Å². The molecule has 0 saturated heterocycles. The summed E-state index contributed by atoms with van der Waals surface area (Å²) in [5, 5.41) is 2.11. The molecule has 2 aliphatic rings. The van der Waals surface area contributed by atoms with Gasteiger partial charge >= 0.3 is 0 Å². The number of para-hydroxylation sites is 4. The maximum absolute atomic E-state index is 9.13. The van der Waals surface area contributed by atoms with Gasteiger partial charge in [-0.3, -0.25) is 0 Å². The van der Waals surface area contributed by atoms with Crippen molar-refractivity contribution in [2.75, 3.05) is 9.80 Å². The molecule has 0 bridgehead atoms. The van der Waals surface area contributed by atoms with Crippen molar-refractivity contribution in [3.05, 3.63) is 241 Å². The van der Waals surface area contributed by atoms with Crippen LogP contribution in [0.5, 0.6) is 0 Å². The highest BCUT2D eigenvalue weighted by molar-refractivity contribution is 6.07. The van der Waals surface area contributed by atoms with E-state index in [4.69, 9.17) is 11.3 Å². The molecule has 272 valence electrons. The molecule has 10 aromatic rings. The van der Waals surface area contributed by atoms with Crippen LogP contribution in [-0.2, 0) is 5.41 Å². The van der Waals surface area contributed by atoms with Crippen LogP contribution in [0.3, 0.4) is 0 Å². The number of anilines is 6. The summed E-state index contributed by atoms with van der Waals surface area (Å²) in [5.74, 6) is 0. The highest BCUT2D eigenvalue weighted by atomic mass is 16.3. The maximum atomic E-state index is 9.13. The molecule has 58 heavy (non-hydrogen) atoms. The van der Waals surface area contributed by atoms with Crippen molar-refractivity contribution in [2.24, 2.45) is 0 Å². The third kappa shape index (κ3) is 4.68. The van der Waals surface area contributed by atoms with Crippen LogP contribution < -0.4 is 9.80 Å².